The third kappa shape index (κ3) is 4.07. The van der Waals surface area contributed by atoms with Crippen LogP contribution in [0.3, 0.4) is 0 Å². The fourth-order valence-corrected chi connectivity index (χ4v) is 1.55. The average Bonchev–Trinajstić information content (AvgIpc) is 2.46. The minimum absolute atomic E-state index is 0.279. The van der Waals surface area contributed by atoms with Crippen molar-refractivity contribution in [3.8, 4) is 5.75 Å². The summed E-state index contributed by atoms with van der Waals surface area (Å²) < 4.78 is 18.1. The fourth-order valence-electron chi connectivity index (χ4n) is 1.55. The van der Waals surface area contributed by atoms with Crippen LogP contribution < -0.4 is 4.74 Å². The van der Waals surface area contributed by atoms with E-state index in [0.29, 0.717) is 17.9 Å². The van der Waals surface area contributed by atoms with Gasteiger partial charge in [-0.1, -0.05) is 30.3 Å². The minimum atomic E-state index is -0.279. The van der Waals surface area contributed by atoms with Crippen molar-refractivity contribution in [3.05, 3.63) is 71.6 Å². The third-order valence-electron chi connectivity index (χ3n) is 2.54. The Morgan fingerprint density at radius 2 is 1.58 bits per heavy atom. The second-order valence-corrected chi connectivity index (χ2v) is 3.95. The summed E-state index contributed by atoms with van der Waals surface area (Å²) in [7, 11) is 0. The molecule has 0 bridgehead atoms. The van der Waals surface area contributed by atoms with Gasteiger partial charge in [0.1, 0.15) is 24.5 Å². The number of carbonyl (C=O) groups excluding carboxylic acids is 1. The molecule has 0 spiro atoms. The van der Waals surface area contributed by atoms with Crippen LogP contribution >= 0.6 is 0 Å². The molecular weight excluding hydrogens is 243 g/mol. The Morgan fingerprint density at radius 3 is 2.21 bits per heavy atom. The van der Waals surface area contributed by atoms with E-state index in [9.17, 15) is 9.18 Å². The lowest BCUT2D eigenvalue weighted by Gasteiger charge is -2.02. The first-order valence-electron chi connectivity index (χ1n) is 5.88. The molecule has 0 atom stereocenters. The lowest BCUT2D eigenvalue weighted by molar-refractivity contribution is 0.112. The van der Waals surface area contributed by atoms with Crippen LogP contribution in [0, 0.1) is 5.82 Å². The molecule has 0 aliphatic heterocycles. The number of benzene rings is 2. The summed E-state index contributed by atoms with van der Waals surface area (Å²) >= 11 is 0. The molecule has 19 heavy (non-hydrogen) atoms. The Labute approximate surface area is 111 Å². The van der Waals surface area contributed by atoms with Gasteiger partial charge in [0.15, 0.2) is 0 Å². The standard InChI is InChI=1S/C16H13FO2/c17-15-7-9-16(10-8-15)19-11-1-2-13-3-5-14(12-18)6-4-13/h1-10,12H,11H2/b2-1+. The van der Waals surface area contributed by atoms with E-state index in [1.54, 1.807) is 24.3 Å². The molecule has 0 aliphatic carbocycles. The number of hydrogen-bond acceptors (Lipinski definition) is 2. The number of hydrogen-bond donors (Lipinski definition) is 0. The molecule has 0 unspecified atom stereocenters. The molecule has 2 rings (SSSR count). The van der Waals surface area contributed by atoms with Crippen molar-refractivity contribution < 1.29 is 13.9 Å². The van der Waals surface area contributed by atoms with Gasteiger partial charge in [-0.3, -0.25) is 4.79 Å². The van der Waals surface area contributed by atoms with Crippen LogP contribution in [-0.4, -0.2) is 12.9 Å². The van der Waals surface area contributed by atoms with E-state index in [-0.39, 0.29) is 5.82 Å². The Morgan fingerprint density at radius 1 is 0.947 bits per heavy atom. The zero-order valence-electron chi connectivity index (χ0n) is 10.3. The van der Waals surface area contributed by atoms with E-state index in [1.807, 2.05) is 24.3 Å². The Hall–Kier alpha value is -2.42. The molecule has 0 amide bonds. The van der Waals surface area contributed by atoms with Crippen LogP contribution in [0.2, 0.25) is 0 Å². The van der Waals surface area contributed by atoms with Crippen LogP contribution in [-0.2, 0) is 0 Å². The summed E-state index contributed by atoms with van der Waals surface area (Å²) in [6.45, 7) is 0.404. The predicted molar refractivity (Wildman–Crippen MR) is 72.8 cm³/mol. The van der Waals surface area contributed by atoms with Crippen molar-refractivity contribution in [2.45, 2.75) is 0 Å². The van der Waals surface area contributed by atoms with Gasteiger partial charge in [0.2, 0.25) is 0 Å². The number of rotatable bonds is 5. The van der Waals surface area contributed by atoms with Crippen LogP contribution in [0.4, 0.5) is 4.39 Å². The summed E-state index contributed by atoms with van der Waals surface area (Å²) in [6, 6.07) is 13.1. The molecule has 3 heteroatoms. The van der Waals surface area contributed by atoms with Crippen molar-refractivity contribution in [1.82, 2.24) is 0 Å². The second kappa shape index (κ2) is 6.50. The third-order valence-corrected chi connectivity index (χ3v) is 2.54. The molecular formula is C16H13FO2. The predicted octanol–water partition coefficient (Wildman–Crippen LogP) is 3.73. The molecule has 0 fully saturated rings. The molecule has 2 nitrogen and oxygen atoms in total. The Bertz CT molecular complexity index is 556. The maximum absolute atomic E-state index is 12.7. The van der Waals surface area contributed by atoms with Gasteiger partial charge in [0, 0.05) is 5.56 Å². The van der Waals surface area contributed by atoms with Crippen molar-refractivity contribution >= 4 is 12.4 Å². The highest BCUT2D eigenvalue weighted by Crippen LogP contribution is 2.11. The highest BCUT2D eigenvalue weighted by atomic mass is 19.1. The maximum Gasteiger partial charge on any atom is 0.150 e. The summed E-state index contributed by atoms with van der Waals surface area (Å²) in [5.41, 5.74) is 1.65. The van der Waals surface area contributed by atoms with Crippen LogP contribution in [0.5, 0.6) is 5.75 Å². The number of halogens is 1. The van der Waals surface area contributed by atoms with E-state index in [0.717, 1.165) is 11.8 Å². The first-order valence-corrected chi connectivity index (χ1v) is 5.88. The van der Waals surface area contributed by atoms with Gasteiger partial charge >= 0.3 is 0 Å². The maximum atomic E-state index is 12.7. The van der Waals surface area contributed by atoms with E-state index >= 15 is 0 Å². The molecule has 0 saturated carbocycles. The molecule has 0 aromatic heterocycles. The lowest BCUT2D eigenvalue weighted by Crippen LogP contribution is -1.93. The topological polar surface area (TPSA) is 26.3 Å². The van der Waals surface area contributed by atoms with Crippen LogP contribution in [0.25, 0.3) is 6.08 Å². The number of ether oxygens (including phenoxy) is 1. The van der Waals surface area contributed by atoms with E-state index in [4.69, 9.17) is 4.74 Å². The molecule has 2 aromatic carbocycles. The number of carbonyl (C=O) groups is 1. The van der Waals surface area contributed by atoms with Crippen LogP contribution in [0.15, 0.2) is 54.6 Å². The van der Waals surface area contributed by atoms with Crippen molar-refractivity contribution in [2.24, 2.45) is 0 Å². The van der Waals surface area contributed by atoms with Gasteiger partial charge in [-0.2, -0.15) is 0 Å². The van der Waals surface area contributed by atoms with E-state index in [1.165, 1.54) is 12.1 Å². The quantitative estimate of drug-likeness (QED) is 0.762. The zero-order chi connectivity index (χ0) is 13.5. The number of aldehydes is 1. The first-order chi connectivity index (χ1) is 9.28. The monoisotopic (exact) mass is 256 g/mol. The van der Waals surface area contributed by atoms with Crippen molar-refractivity contribution in [3.63, 3.8) is 0 Å². The molecule has 0 heterocycles. The minimum Gasteiger partial charge on any atom is -0.490 e. The Balaban J connectivity index is 1.85. The lowest BCUT2D eigenvalue weighted by atomic mass is 10.1. The summed E-state index contributed by atoms with van der Waals surface area (Å²) in [4.78, 5) is 10.5. The average molecular weight is 256 g/mol. The van der Waals surface area contributed by atoms with Gasteiger partial charge < -0.3 is 4.74 Å². The highest BCUT2D eigenvalue weighted by Gasteiger charge is 1.93. The molecule has 0 saturated heterocycles. The van der Waals surface area contributed by atoms with Gasteiger partial charge in [0.25, 0.3) is 0 Å². The van der Waals surface area contributed by atoms with Gasteiger partial charge in [-0.25, -0.2) is 4.39 Å². The zero-order valence-corrected chi connectivity index (χ0v) is 10.3. The van der Waals surface area contributed by atoms with E-state index in [2.05, 4.69) is 0 Å². The smallest absolute Gasteiger partial charge is 0.150 e. The largest absolute Gasteiger partial charge is 0.490 e. The summed E-state index contributed by atoms with van der Waals surface area (Å²) in [6.07, 6.45) is 4.57. The highest BCUT2D eigenvalue weighted by molar-refractivity contribution is 5.75. The fraction of sp³-hybridized carbons (Fsp3) is 0.0625. The van der Waals surface area contributed by atoms with Gasteiger partial charge in [-0.15, -0.1) is 0 Å². The van der Waals surface area contributed by atoms with Crippen LogP contribution in [0.1, 0.15) is 15.9 Å². The van der Waals surface area contributed by atoms with Gasteiger partial charge in [0.05, 0.1) is 0 Å². The van der Waals surface area contributed by atoms with Gasteiger partial charge in [-0.05, 0) is 35.9 Å². The first kappa shape index (κ1) is 13.0. The molecule has 2 aromatic rings. The summed E-state index contributed by atoms with van der Waals surface area (Å²) in [5.74, 6) is 0.348. The Kier molecular flexibility index (Phi) is 4.45. The van der Waals surface area contributed by atoms with Crippen molar-refractivity contribution in [2.75, 3.05) is 6.61 Å². The summed E-state index contributed by atoms with van der Waals surface area (Å²) in [5, 5.41) is 0. The molecule has 96 valence electrons. The van der Waals surface area contributed by atoms with E-state index < -0.39 is 0 Å². The molecule has 0 aliphatic rings. The normalized spacial score (nSPS) is 10.6. The molecule has 0 radical (unpaired) electrons. The second-order valence-electron chi connectivity index (χ2n) is 3.95. The van der Waals surface area contributed by atoms with Crippen molar-refractivity contribution in [1.29, 1.82) is 0 Å². The molecule has 0 N–H and O–H groups in total. The SMILES string of the molecule is O=Cc1ccc(/C=C/COc2ccc(F)cc2)cc1.